The highest BCUT2D eigenvalue weighted by atomic mass is 16.6. The van der Waals surface area contributed by atoms with Crippen LogP contribution in [-0.4, -0.2) is 23.9 Å². The summed E-state index contributed by atoms with van der Waals surface area (Å²) in [4.78, 5) is 14.4. The Morgan fingerprint density at radius 1 is 1.60 bits per heavy atom. The topological polar surface area (TPSA) is 58.9 Å². The van der Waals surface area contributed by atoms with Gasteiger partial charge in [0.15, 0.2) is 0 Å². The molecule has 0 aromatic heterocycles. The molecule has 0 aliphatic carbocycles. The van der Waals surface area contributed by atoms with E-state index in [9.17, 15) is 4.79 Å². The van der Waals surface area contributed by atoms with Crippen LogP contribution < -0.4 is 0 Å². The number of oxime groups is 1. The summed E-state index contributed by atoms with van der Waals surface area (Å²) in [7, 11) is 1.43. The molecule has 4 heteroatoms. The normalized spacial score (nSPS) is 11.2. The molecule has 0 atom stereocenters. The average Bonchev–Trinajstić information content (AvgIpc) is 1.85. The maximum Gasteiger partial charge on any atom is 0.303 e. The van der Waals surface area contributed by atoms with E-state index in [0.29, 0.717) is 12.1 Å². The minimum absolute atomic E-state index is 0.110. The first-order chi connectivity index (χ1) is 4.66. The molecule has 4 nitrogen and oxygen atoms in total. The minimum atomic E-state index is -0.814. The lowest BCUT2D eigenvalue weighted by Crippen LogP contribution is -1.99. The molecule has 0 amide bonds. The number of nitrogens with zero attached hydrogens (tertiary/aromatic N) is 1. The third kappa shape index (κ3) is 5.08. The molecule has 0 heterocycles. The van der Waals surface area contributed by atoms with Crippen molar-refractivity contribution in [2.75, 3.05) is 7.11 Å². The molecule has 0 saturated heterocycles. The summed E-state index contributed by atoms with van der Waals surface area (Å²) in [5.41, 5.74) is 0.699. The maximum atomic E-state index is 10.0. The summed E-state index contributed by atoms with van der Waals surface area (Å²) in [6.07, 6.45) is 0.557. The van der Waals surface area contributed by atoms with Gasteiger partial charge in [-0.1, -0.05) is 5.16 Å². The maximum absolute atomic E-state index is 10.0. The van der Waals surface area contributed by atoms with E-state index < -0.39 is 5.97 Å². The van der Waals surface area contributed by atoms with E-state index in [4.69, 9.17) is 5.11 Å². The molecule has 0 aromatic rings. The van der Waals surface area contributed by atoms with E-state index in [0.717, 1.165) is 0 Å². The lowest BCUT2D eigenvalue weighted by Gasteiger charge is -1.94. The summed E-state index contributed by atoms with van der Waals surface area (Å²) >= 11 is 0. The highest BCUT2D eigenvalue weighted by molar-refractivity contribution is 5.84. The first-order valence-electron chi connectivity index (χ1n) is 2.95. The van der Waals surface area contributed by atoms with E-state index in [1.165, 1.54) is 7.11 Å². The van der Waals surface area contributed by atoms with Gasteiger partial charge in [-0.15, -0.1) is 0 Å². The van der Waals surface area contributed by atoms with Crippen LogP contribution in [0.5, 0.6) is 0 Å². The standard InChI is InChI=1S/C6H11NO3/c1-5(7-10-2)3-4-6(8)9/h3-4H2,1-2H3,(H,8,9)/b7-5-. The van der Waals surface area contributed by atoms with Crippen LogP contribution in [0.1, 0.15) is 19.8 Å². The van der Waals surface area contributed by atoms with Crippen LogP contribution in [0.2, 0.25) is 0 Å². The number of hydrogen-bond donors (Lipinski definition) is 1. The van der Waals surface area contributed by atoms with Crippen molar-refractivity contribution >= 4 is 11.7 Å². The number of carboxylic acids is 1. The lowest BCUT2D eigenvalue weighted by molar-refractivity contribution is -0.136. The molecule has 0 aromatic carbocycles. The van der Waals surface area contributed by atoms with Crippen LogP contribution in [0.4, 0.5) is 0 Å². The number of hydrogen-bond acceptors (Lipinski definition) is 3. The van der Waals surface area contributed by atoms with Gasteiger partial charge in [-0.25, -0.2) is 0 Å². The molecule has 0 unspecified atom stereocenters. The fourth-order valence-corrected chi connectivity index (χ4v) is 0.489. The summed E-state index contributed by atoms with van der Waals surface area (Å²) in [6.45, 7) is 1.73. The SMILES string of the molecule is CO/N=C(/C)CCC(=O)O. The van der Waals surface area contributed by atoms with E-state index >= 15 is 0 Å². The van der Waals surface area contributed by atoms with Gasteiger partial charge < -0.3 is 9.94 Å². The number of aliphatic carboxylic acids is 1. The molecule has 0 spiro atoms. The number of carboxylic acid groups (broad SMARTS) is 1. The highest BCUT2D eigenvalue weighted by Crippen LogP contribution is 1.92. The van der Waals surface area contributed by atoms with Gasteiger partial charge in [0.2, 0.25) is 0 Å². The summed E-state index contributed by atoms with van der Waals surface area (Å²) in [5, 5.41) is 11.8. The Morgan fingerprint density at radius 2 is 2.20 bits per heavy atom. The van der Waals surface area contributed by atoms with Gasteiger partial charge in [-0.2, -0.15) is 0 Å². The molecule has 0 aliphatic rings. The number of carbonyl (C=O) groups is 1. The molecule has 58 valence electrons. The Labute approximate surface area is 59.5 Å². The van der Waals surface area contributed by atoms with Gasteiger partial charge in [0.1, 0.15) is 7.11 Å². The second-order valence-electron chi connectivity index (χ2n) is 1.90. The molecular formula is C6H11NO3. The quantitative estimate of drug-likeness (QED) is 0.471. The van der Waals surface area contributed by atoms with Crippen LogP contribution in [0.3, 0.4) is 0 Å². The molecule has 0 bridgehead atoms. The predicted octanol–water partition coefficient (Wildman–Crippen LogP) is 0.874. The monoisotopic (exact) mass is 145 g/mol. The molecule has 0 rings (SSSR count). The van der Waals surface area contributed by atoms with Crippen molar-refractivity contribution in [1.29, 1.82) is 0 Å². The van der Waals surface area contributed by atoms with E-state index in [2.05, 4.69) is 9.99 Å². The van der Waals surface area contributed by atoms with Gasteiger partial charge >= 0.3 is 5.97 Å². The molecule has 0 saturated carbocycles. The van der Waals surface area contributed by atoms with Crippen LogP contribution >= 0.6 is 0 Å². The number of rotatable bonds is 4. The predicted molar refractivity (Wildman–Crippen MR) is 37.0 cm³/mol. The second-order valence-corrected chi connectivity index (χ2v) is 1.90. The van der Waals surface area contributed by atoms with E-state index in [1.54, 1.807) is 6.92 Å². The third-order valence-corrected chi connectivity index (χ3v) is 0.948. The Bertz CT molecular complexity index is 142. The lowest BCUT2D eigenvalue weighted by atomic mass is 10.2. The molecule has 1 N–H and O–H groups in total. The first-order valence-corrected chi connectivity index (χ1v) is 2.95. The average molecular weight is 145 g/mol. The Kier molecular flexibility index (Phi) is 4.28. The van der Waals surface area contributed by atoms with Gasteiger partial charge in [0, 0.05) is 0 Å². The molecule has 0 fully saturated rings. The Balaban J connectivity index is 3.48. The van der Waals surface area contributed by atoms with E-state index in [1.807, 2.05) is 0 Å². The van der Waals surface area contributed by atoms with Gasteiger partial charge in [-0.3, -0.25) is 4.79 Å². The smallest absolute Gasteiger partial charge is 0.303 e. The molecule has 0 radical (unpaired) electrons. The van der Waals surface area contributed by atoms with Crippen molar-refractivity contribution in [3.8, 4) is 0 Å². The zero-order valence-corrected chi connectivity index (χ0v) is 6.13. The summed E-state index contributed by atoms with van der Waals surface area (Å²) in [5.74, 6) is -0.814. The van der Waals surface area contributed by atoms with Crippen LogP contribution in [0.25, 0.3) is 0 Å². The van der Waals surface area contributed by atoms with E-state index in [-0.39, 0.29) is 6.42 Å². The van der Waals surface area contributed by atoms with Crippen molar-refractivity contribution in [2.24, 2.45) is 5.16 Å². The highest BCUT2D eigenvalue weighted by Gasteiger charge is 1.97. The van der Waals surface area contributed by atoms with Gasteiger partial charge in [0.05, 0.1) is 12.1 Å². The van der Waals surface area contributed by atoms with Crippen LogP contribution in [0, 0.1) is 0 Å². The van der Waals surface area contributed by atoms with Crippen molar-refractivity contribution in [3.05, 3.63) is 0 Å². The molecule has 0 aliphatic heterocycles. The summed E-state index contributed by atoms with van der Waals surface area (Å²) in [6, 6.07) is 0. The van der Waals surface area contributed by atoms with Crippen LogP contribution in [0.15, 0.2) is 5.16 Å². The van der Waals surface area contributed by atoms with Crippen LogP contribution in [-0.2, 0) is 9.63 Å². The molecule has 10 heavy (non-hydrogen) atoms. The van der Waals surface area contributed by atoms with Gasteiger partial charge in [0.25, 0.3) is 0 Å². The fourth-order valence-electron chi connectivity index (χ4n) is 0.489. The fraction of sp³-hybridized carbons (Fsp3) is 0.667. The minimum Gasteiger partial charge on any atom is -0.481 e. The zero-order valence-electron chi connectivity index (χ0n) is 6.13. The van der Waals surface area contributed by atoms with Crippen molar-refractivity contribution in [3.63, 3.8) is 0 Å². The molecular weight excluding hydrogens is 134 g/mol. The zero-order chi connectivity index (χ0) is 7.98. The van der Waals surface area contributed by atoms with Gasteiger partial charge in [-0.05, 0) is 13.3 Å². The summed E-state index contributed by atoms with van der Waals surface area (Å²) < 4.78 is 0. The Hall–Kier alpha value is -1.06. The van der Waals surface area contributed by atoms with Crippen molar-refractivity contribution in [1.82, 2.24) is 0 Å². The Morgan fingerprint density at radius 3 is 2.60 bits per heavy atom. The van der Waals surface area contributed by atoms with Crippen molar-refractivity contribution < 1.29 is 14.7 Å². The van der Waals surface area contributed by atoms with Crippen molar-refractivity contribution in [2.45, 2.75) is 19.8 Å². The largest absolute Gasteiger partial charge is 0.481 e. The third-order valence-electron chi connectivity index (χ3n) is 0.948. The second kappa shape index (κ2) is 4.78. The first kappa shape index (κ1) is 8.94.